The maximum Gasteiger partial charge on any atom is 0.253 e. The second-order valence-corrected chi connectivity index (χ2v) is 7.33. The molecule has 0 saturated carbocycles. The molecule has 0 saturated heterocycles. The molecule has 5 aromatic rings. The maximum absolute atomic E-state index is 12.9. The second-order valence-electron chi connectivity index (χ2n) is 7.33. The minimum absolute atomic E-state index is 0.0617. The molecule has 32 heavy (non-hydrogen) atoms. The Kier molecular flexibility index (Phi) is 5.04. The molecule has 0 radical (unpaired) electrons. The topological polar surface area (TPSA) is 104 Å². The van der Waals surface area contributed by atoms with Crippen LogP contribution in [0.1, 0.15) is 15.9 Å². The van der Waals surface area contributed by atoms with Crippen LogP contribution in [-0.2, 0) is 6.54 Å². The molecular weight excluding hydrogens is 404 g/mol. The number of benzene rings is 2. The Hall–Kier alpha value is -4.53. The SMILES string of the molecule is CN(Cc1ccccc1)C(=O)c1cccc(Nc2ncc(-c3cn[nH]c3)n3ncnc23)c1. The van der Waals surface area contributed by atoms with Gasteiger partial charge in [0.15, 0.2) is 11.5 Å². The average Bonchev–Trinajstić information content (AvgIpc) is 3.52. The molecule has 0 aliphatic rings. The lowest BCUT2D eigenvalue weighted by Gasteiger charge is -2.18. The minimum atomic E-state index is -0.0617. The molecular formula is C23H20N8O. The third-order valence-corrected chi connectivity index (χ3v) is 5.08. The van der Waals surface area contributed by atoms with Crippen molar-refractivity contribution < 1.29 is 4.79 Å². The van der Waals surface area contributed by atoms with E-state index >= 15 is 0 Å². The van der Waals surface area contributed by atoms with Gasteiger partial charge in [-0.15, -0.1) is 0 Å². The van der Waals surface area contributed by atoms with Gasteiger partial charge in [0.1, 0.15) is 6.33 Å². The van der Waals surface area contributed by atoms with Gasteiger partial charge < -0.3 is 10.2 Å². The van der Waals surface area contributed by atoms with E-state index in [2.05, 4.69) is 30.6 Å². The number of anilines is 2. The predicted molar refractivity (Wildman–Crippen MR) is 120 cm³/mol. The summed E-state index contributed by atoms with van der Waals surface area (Å²) in [6.45, 7) is 0.536. The van der Waals surface area contributed by atoms with Crippen LogP contribution >= 0.6 is 0 Å². The van der Waals surface area contributed by atoms with Crippen LogP contribution in [0.2, 0.25) is 0 Å². The van der Waals surface area contributed by atoms with Crippen LogP contribution in [0.3, 0.4) is 0 Å². The predicted octanol–water partition coefficient (Wildman–Crippen LogP) is 3.53. The Balaban J connectivity index is 1.39. The molecule has 2 N–H and O–H groups in total. The van der Waals surface area contributed by atoms with Crippen molar-refractivity contribution in [3.63, 3.8) is 0 Å². The zero-order valence-corrected chi connectivity index (χ0v) is 17.3. The van der Waals surface area contributed by atoms with Gasteiger partial charge in [0, 0.05) is 36.6 Å². The van der Waals surface area contributed by atoms with Crippen LogP contribution < -0.4 is 5.32 Å². The van der Waals surface area contributed by atoms with E-state index in [0.717, 1.165) is 22.5 Å². The number of aromatic amines is 1. The first-order chi connectivity index (χ1) is 15.7. The van der Waals surface area contributed by atoms with Gasteiger partial charge in [-0.1, -0.05) is 36.4 Å². The van der Waals surface area contributed by atoms with Crippen molar-refractivity contribution >= 4 is 23.1 Å². The normalized spacial score (nSPS) is 10.9. The number of aromatic nitrogens is 6. The molecule has 9 heteroatoms. The first kappa shape index (κ1) is 19.4. The Morgan fingerprint density at radius 1 is 1.09 bits per heavy atom. The summed E-state index contributed by atoms with van der Waals surface area (Å²) in [6, 6.07) is 17.2. The molecule has 0 unspecified atom stereocenters. The van der Waals surface area contributed by atoms with Crippen LogP contribution in [0, 0.1) is 0 Å². The average molecular weight is 424 g/mol. The van der Waals surface area contributed by atoms with Crippen molar-refractivity contribution in [1.82, 2.24) is 34.7 Å². The Morgan fingerprint density at radius 3 is 2.78 bits per heavy atom. The number of carbonyl (C=O) groups excluding carboxylic acids is 1. The lowest BCUT2D eigenvalue weighted by Crippen LogP contribution is -2.26. The summed E-state index contributed by atoms with van der Waals surface area (Å²) in [5, 5.41) is 14.3. The fourth-order valence-corrected chi connectivity index (χ4v) is 3.51. The Labute approximate surface area is 183 Å². The number of hydrogen-bond acceptors (Lipinski definition) is 6. The zero-order chi connectivity index (χ0) is 21.9. The summed E-state index contributed by atoms with van der Waals surface area (Å²) in [7, 11) is 1.80. The maximum atomic E-state index is 12.9. The highest BCUT2D eigenvalue weighted by Gasteiger charge is 2.15. The lowest BCUT2D eigenvalue weighted by molar-refractivity contribution is 0.0785. The summed E-state index contributed by atoms with van der Waals surface area (Å²) in [6.07, 6.45) is 6.65. The summed E-state index contributed by atoms with van der Waals surface area (Å²) < 4.78 is 1.70. The molecule has 3 heterocycles. The van der Waals surface area contributed by atoms with Crippen molar-refractivity contribution in [1.29, 1.82) is 0 Å². The lowest BCUT2D eigenvalue weighted by atomic mass is 10.1. The van der Waals surface area contributed by atoms with Crippen LogP contribution in [0.25, 0.3) is 16.9 Å². The fourth-order valence-electron chi connectivity index (χ4n) is 3.51. The fraction of sp³-hybridized carbons (Fsp3) is 0.0870. The van der Waals surface area contributed by atoms with Crippen molar-refractivity contribution in [3.8, 4) is 11.3 Å². The highest BCUT2D eigenvalue weighted by Crippen LogP contribution is 2.24. The number of rotatable bonds is 6. The van der Waals surface area contributed by atoms with Crippen molar-refractivity contribution in [2.75, 3.05) is 12.4 Å². The first-order valence-electron chi connectivity index (χ1n) is 10.0. The number of carbonyl (C=O) groups is 1. The van der Waals surface area contributed by atoms with E-state index in [1.54, 1.807) is 41.1 Å². The summed E-state index contributed by atoms with van der Waals surface area (Å²) in [4.78, 5) is 23.5. The third kappa shape index (κ3) is 3.79. The Morgan fingerprint density at radius 2 is 1.97 bits per heavy atom. The van der Waals surface area contributed by atoms with E-state index in [-0.39, 0.29) is 5.91 Å². The summed E-state index contributed by atoms with van der Waals surface area (Å²) >= 11 is 0. The van der Waals surface area contributed by atoms with Gasteiger partial charge in [-0.05, 0) is 23.8 Å². The molecule has 3 aromatic heterocycles. The molecule has 0 bridgehead atoms. The van der Waals surface area contributed by atoms with E-state index in [1.807, 2.05) is 48.5 Å². The zero-order valence-electron chi connectivity index (χ0n) is 17.3. The highest BCUT2D eigenvalue weighted by atomic mass is 16.2. The highest BCUT2D eigenvalue weighted by molar-refractivity contribution is 5.95. The quantitative estimate of drug-likeness (QED) is 0.432. The van der Waals surface area contributed by atoms with Crippen molar-refractivity contribution in [2.45, 2.75) is 6.54 Å². The van der Waals surface area contributed by atoms with Crippen LogP contribution in [0.5, 0.6) is 0 Å². The van der Waals surface area contributed by atoms with Gasteiger partial charge >= 0.3 is 0 Å². The van der Waals surface area contributed by atoms with Gasteiger partial charge in [-0.3, -0.25) is 9.89 Å². The van der Waals surface area contributed by atoms with Crippen LogP contribution in [0.4, 0.5) is 11.5 Å². The number of nitrogens with zero attached hydrogens (tertiary/aromatic N) is 6. The van der Waals surface area contributed by atoms with Gasteiger partial charge in [-0.25, -0.2) is 14.5 Å². The third-order valence-electron chi connectivity index (χ3n) is 5.08. The van der Waals surface area contributed by atoms with Crippen LogP contribution in [-0.4, -0.2) is 47.6 Å². The molecule has 0 fully saturated rings. The van der Waals surface area contributed by atoms with E-state index in [9.17, 15) is 4.79 Å². The molecule has 5 rings (SSSR count). The summed E-state index contributed by atoms with van der Waals surface area (Å²) in [5.41, 5.74) is 4.59. The van der Waals surface area contributed by atoms with E-state index in [1.165, 1.54) is 6.33 Å². The number of H-pyrrole nitrogens is 1. The number of fused-ring (bicyclic) bond motifs is 1. The van der Waals surface area contributed by atoms with Crippen molar-refractivity contribution in [3.05, 3.63) is 90.6 Å². The van der Waals surface area contributed by atoms with Gasteiger partial charge in [0.25, 0.3) is 5.91 Å². The molecule has 0 spiro atoms. The number of nitrogens with one attached hydrogen (secondary N) is 2. The smallest absolute Gasteiger partial charge is 0.253 e. The van der Waals surface area contributed by atoms with E-state index < -0.39 is 0 Å². The minimum Gasteiger partial charge on any atom is -0.337 e. The van der Waals surface area contributed by atoms with Crippen LogP contribution in [0.15, 0.2) is 79.5 Å². The molecule has 158 valence electrons. The summed E-state index contributed by atoms with van der Waals surface area (Å²) in [5.74, 6) is 0.477. The molecule has 1 amide bonds. The number of hydrogen-bond donors (Lipinski definition) is 2. The number of amides is 1. The molecule has 0 aliphatic carbocycles. The molecule has 2 aromatic carbocycles. The largest absolute Gasteiger partial charge is 0.337 e. The van der Waals surface area contributed by atoms with Gasteiger partial charge in [0.05, 0.1) is 18.1 Å². The van der Waals surface area contributed by atoms with E-state index in [0.29, 0.717) is 23.6 Å². The Bertz CT molecular complexity index is 1360. The molecule has 0 aliphatic heterocycles. The second kappa shape index (κ2) is 8.31. The molecule has 9 nitrogen and oxygen atoms in total. The first-order valence-corrected chi connectivity index (χ1v) is 10.0. The van der Waals surface area contributed by atoms with Crippen molar-refractivity contribution in [2.24, 2.45) is 0 Å². The monoisotopic (exact) mass is 424 g/mol. The van der Waals surface area contributed by atoms with E-state index in [4.69, 9.17) is 0 Å². The molecule has 0 atom stereocenters. The van der Waals surface area contributed by atoms with Gasteiger partial charge in [-0.2, -0.15) is 10.2 Å². The standard InChI is InChI=1S/C23H20N8O/c1-30(14-16-6-3-2-4-7-16)23(32)17-8-5-9-19(10-17)29-21-22-25-15-28-31(22)20(13-24-21)18-11-26-27-12-18/h2-13,15H,14H2,1H3,(H,24,29)(H,26,27). The van der Waals surface area contributed by atoms with Gasteiger partial charge in [0.2, 0.25) is 0 Å².